The van der Waals surface area contributed by atoms with Crippen LogP contribution in [0.2, 0.25) is 0 Å². The molecule has 0 radical (unpaired) electrons. The summed E-state index contributed by atoms with van der Waals surface area (Å²) in [6, 6.07) is 5.72. The van der Waals surface area contributed by atoms with Gasteiger partial charge in [-0.05, 0) is 43.4 Å². The molecular formula is C20H21N3O3S. The van der Waals surface area contributed by atoms with Crippen molar-refractivity contribution >= 4 is 33.9 Å². The minimum absolute atomic E-state index is 0.158. The first-order valence-corrected chi connectivity index (χ1v) is 9.92. The summed E-state index contributed by atoms with van der Waals surface area (Å²) in [5.74, 6) is -0.558. The Morgan fingerprint density at radius 2 is 2.11 bits per heavy atom. The Morgan fingerprint density at radius 3 is 2.93 bits per heavy atom. The lowest BCUT2D eigenvalue weighted by Crippen LogP contribution is -2.16. The third-order valence-electron chi connectivity index (χ3n) is 4.82. The zero-order valence-corrected chi connectivity index (χ0v) is 16.0. The number of amides is 1. The number of carbonyl (C=O) groups is 2. The van der Waals surface area contributed by atoms with Crippen molar-refractivity contribution in [3.05, 3.63) is 52.3 Å². The molecule has 1 aliphatic rings. The van der Waals surface area contributed by atoms with Gasteiger partial charge in [0.1, 0.15) is 10.6 Å². The first kappa shape index (κ1) is 17.7. The highest BCUT2D eigenvalue weighted by atomic mass is 32.1. The van der Waals surface area contributed by atoms with Crippen LogP contribution in [-0.2, 0) is 28.8 Å². The van der Waals surface area contributed by atoms with E-state index in [0.717, 1.165) is 43.3 Å². The first-order chi connectivity index (χ1) is 13.2. The number of methoxy groups -OCH3 is 1. The van der Waals surface area contributed by atoms with Crippen molar-refractivity contribution in [2.75, 3.05) is 12.4 Å². The van der Waals surface area contributed by atoms with Crippen molar-refractivity contribution in [3.8, 4) is 0 Å². The highest BCUT2D eigenvalue weighted by molar-refractivity contribution is 7.17. The molecule has 1 N–H and O–H groups in total. The number of aryl methyl sites for hydroxylation is 1. The summed E-state index contributed by atoms with van der Waals surface area (Å²) in [5, 5.41) is 3.53. The van der Waals surface area contributed by atoms with Crippen LogP contribution in [0.1, 0.15) is 45.8 Å². The highest BCUT2D eigenvalue weighted by Crippen LogP contribution is 2.38. The molecule has 0 atom stereocenters. The average Bonchev–Trinajstić information content (AvgIpc) is 3.13. The fraction of sp³-hybridized carbons (Fsp3) is 0.350. The van der Waals surface area contributed by atoms with E-state index in [9.17, 15) is 9.59 Å². The molecule has 0 bridgehead atoms. The topological polar surface area (TPSA) is 72.7 Å². The molecule has 0 spiro atoms. The lowest BCUT2D eigenvalue weighted by atomic mass is 10.1. The number of nitrogens with zero attached hydrogens (tertiary/aromatic N) is 2. The Balaban J connectivity index is 1.57. The number of rotatable bonds is 4. The predicted molar refractivity (Wildman–Crippen MR) is 104 cm³/mol. The van der Waals surface area contributed by atoms with Crippen molar-refractivity contribution < 1.29 is 14.3 Å². The lowest BCUT2D eigenvalue weighted by molar-refractivity contribution is -0.115. The molecule has 0 aromatic carbocycles. The minimum atomic E-state index is -0.377. The smallest absolute Gasteiger partial charge is 0.341 e. The van der Waals surface area contributed by atoms with Gasteiger partial charge in [0, 0.05) is 17.3 Å². The molecule has 0 saturated carbocycles. The Bertz CT molecular complexity index is 972. The Kier molecular flexibility index (Phi) is 4.94. The van der Waals surface area contributed by atoms with Crippen LogP contribution in [0.5, 0.6) is 0 Å². The maximum Gasteiger partial charge on any atom is 0.341 e. The van der Waals surface area contributed by atoms with E-state index in [1.807, 2.05) is 35.0 Å². The molecule has 1 aliphatic carbocycles. The molecule has 4 rings (SSSR count). The van der Waals surface area contributed by atoms with Crippen molar-refractivity contribution in [2.24, 2.45) is 0 Å². The molecule has 1 amide bonds. The number of fused-ring (bicyclic) bond motifs is 2. The van der Waals surface area contributed by atoms with Crippen LogP contribution in [0.25, 0.3) is 5.65 Å². The second-order valence-electron chi connectivity index (χ2n) is 6.68. The monoisotopic (exact) mass is 383 g/mol. The molecule has 3 heterocycles. The predicted octanol–water partition coefficient (Wildman–Crippen LogP) is 3.63. The average molecular weight is 383 g/mol. The lowest BCUT2D eigenvalue weighted by Gasteiger charge is -2.07. The molecular weight excluding hydrogens is 362 g/mol. The number of thiophene rings is 1. The Labute approximate surface area is 161 Å². The van der Waals surface area contributed by atoms with Gasteiger partial charge < -0.3 is 14.5 Å². The van der Waals surface area contributed by atoms with Crippen LogP contribution in [0.4, 0.5) is 5.00 Å². The molecule has 3 aromatic rings. The van der Waals surface area contributed by atoms with Gasteiger partial charge in [-0.25, -0.2) is 9.78 Å². The Morgan fingerprint density at radius 1 is 1.26 bits per heavy atom. The van der Waals surface area contributed by atoms with Crippen molar-refractivity contribution in [1.29, 1.82) is 0 Å². The van der Waals surface area contributed by atoms with Gasteiger partial charge in [0.15, 0.2) is 0 Å². The molecule has 7 heteroatoms. The van der Waals surface area contributed by atoms with E-state index in [1.165, 1.54) is 23.3 Å². The quantitative estimate of drug-likeness (QED) is 0.552. The Hall–Kier alpha value is -2.67. The fourth-order valence-corrected chi connectivity index (χ4v) is 4.85. The van der Waals surface area contributed by atoms with Crippen molar-refractivity contribution in [2.45, 2.75) is 38.5 Å². The third kappa shape index (κ3) is 3.60. The van der Waals surface area contributed by atoms with Gasteiger partial charge >= 0.3 is 5.97 Å². The van der Waals surface area contributed by atoms with E-state index in [0.29, 0.717) is 16.3 Å². The fourth-order valence-electron chi connectivity index (χ4n) is 3.56. The molecule has 27 heavy (non-hydrogen) atoms. The molecule has 3 aromatic heterocycles. The van der Waals surface area contributed by atoms with Crippen LogP contribution in [0.15, 0.2) is 30.6 Å². The number of hydrogen-bond donors (Lipinski definition) is 1. The zero-order valence-electron chi connectivity index (χ0n) is 15.2. The van der Waals surface area contributed by atoms with Crippen molar-refractivity contribution in [1.82, 2.24) is 9.38 Å². The van der Waals surface area contributed by atoms with Gasteiger partial charge in [-0.1, -0.05) is 12.5 Å². The maximum atomic E-state index is 12.6. The molecule has 140 valence electrons. The summed E-state index contributed by atoms with van der Waals surface area (Å²) in [6.45, 7) is 0. The van der Waals surface area contributed by atoms with Crippen LogP contribution in [0.3, 0.4) is 0 Å². The van der Waals surface area contributed by atoms with E-state index in [4.69, 9.17) is 4.74 Å². The number of ether oxygens (including phenoxy) is 1. The standard InChI is InChI=1S/C20H21N3O3S/c1-26-20(25)18-14-7-3-2-4-8-15(14)27-19(18)22-17(24)11-13-12-23-10-6-5-9-16(23)21-13/h5-6,9-10,12H,2-4,7-8,11H2,1H3,(H,22,24). The summed E-state index contributed by atoms with van der Waals surface area (Å²) in [5.41, 5.74) is 3.07. The number of pyridine rings is 1. The van der Waals surface area contributed by atoms with Crippen LogP contribution >= 0.6 is 11.3 Å². The zero-order chi connectivity index (χ0) is 18.8. The summed E-state index contributed by atoms with van der Waals surface area (Å²) in [7, 11) is 1.38. The number of hydrogen-bond acceptors (Lipinski definition) is 5. The van der Waals surface area contributed by atoms with Gasteiger partial charge in [0.2, 0.25) is 5.91 Å². The van der Waals surface area contributed by atoms with Crippen molar-refractivity contribution in [3.63, 3.8) is 0 Å². The second-order valence-corrected chi connectivity index (χ2v) is 7.79. The summed E-state index contributed by atoms with van der Waals surface area (Å²) < 4.78 is 6.87. The number of aromatic nitrogens is 2. The third-order valence-corrected chi connectivity index (χ3v) is 6.03. The molecule has 0 saturated heterocycles. The minimum Gasteiger partial charge on any atom is -0.465 e. The van der Waals surface area contributed by atoms with E-state index < -0.39 is 0 Å². The molecule has 0 aliphatic heterocycles. The van der Waals surface area contributed by atoms with Crippen LogP contribution in [-0.4, -0.2) is 28.4 Å². The van der Waals surface area contributed by atoms with Gasteiger partial charge in [-0.3, -0.25) is 4.79 Å². The van der Waals surface area contributed by atoms with Gasteiger partial charge in [0.25, 0.3) is 0 Å². The number of esters is 1. The summed E-state index contributed by atoms with van der Waals surface area (Å²) >= 11 is 1.50. The molecule has 0 unspecified atom stereocenters. The summed E-state index contributed by atoms with van der Waals surface area (Å²) in [4.78, 5) is 30.6. The van der Waals surface area contributed by atoms with E-state index in [1.54, 1.807) is 0 Å². The largest absolute Gasteiger partial charge is 0.465 e. The molecule has 6 nitrogen and oxygen atoms in total. The SMILES string of the molecule is COC(=O)c1c(NC(=O)Cc2cn3ccccc3n2)sc2c1CCCCC2. The number of carbonyl (C=O) groups excluding carboxylic acids is 2. The highest BCUT2D eigenvalue weighted by Gasteiger charge is 2.26. The van der Waals surface area contributed by atoms with Gasteiger partial charge in [-0.2, -0.15) is 0 Å². The summed E-state index contributed by atoms with van der Waals surface area (Å²) in [6.07, 6.45) is 9.05. The van der Waals surface area contributed by atoms with E-state index in [-0.39, 0.29) is 18.3 Å². The molecule has 0 fully saturated rings. The van der Waals surface area contributed by atoms with Gasteiger partial charge in [-0.15, -0.1) is 11.3 Å². The second kappa shape index (κ2) is 7.52. The number of imidazole rings is 1. The van der Waals surface area contributed by atoms with Crippen LogP contribution in [0, 0.1) is 0 Å². The van der Waals surface area contributed by atoms with E-state index >= 15 is 0 Å². The van der Waals surface area contributed by atoms with E-state index in [2.05, 4.69) is 10.3 Å². The first-order valence-electron chi connectivity index (χ1n) is 9.11. The van der Waals surface area contributed by atoms with Gasteiger partial charge in [0.05, 0.1) is 24.8 Å². The number of anilines is 1. The van der Waals surface area contributed by atoms with Crippen LogP contribution < -0.4 is 5.32 Å². The maximum absolute atomic E-state index is 12.6. The normalized spacial score (nSPS) is 13.8. The number of nitrogens with one attached hydrogen (secondary N) is 1.